The van der Waals surface area contributed by atoms with Gasteiger partial charge in [0.25, 0.3) is 10.0 Å². The molecule has 0 aliphatic carbocycles. The largest absolute Gasteiger partial charge is 0.497 e. The molecule has 0 aromatic heterocycles. The average Bonchev–Trinajstić information content (AvgIpc) is 2.78. The number of methoxy groups -OCH3 is 1. The molecule has 0 unspecified atom stereocenters. The van der Waals surface area contributed by atoms with Gasteiger partial charge in [-0.1, -0.05) is 41.4 Å². The van der Waals surface area contributed by atoms with Crippen LogP contribution in [-0.2, 0) is 21.2 Å². The lowest BCUT2D eigenvalue weighted by molar-refractivity contribution is -0.119. The van der Waals surface area contributed by atoms with Crippen LogP contribution >= 0.6 is 23.2 Å². The van der Waals surface area contributed by atoms with Crippen molar-refractivity contribution in [3.05, 3.63) is 88.4 Å². The Kier molecular flexibility index (Phi) is 8.01. The molecule has 0 spiro atoms. The topological polar surface area (TPSA) is 75.7 Å². The molecule has 1 amide bonds. The molecule has 32 heavy (non-hydrogen) atoms. The van der Waals surface area contributed by atoms with Crippen LogP contribution in [0.3, 0.4) is 0 Å². The lowest BCUT2D eigenvalue weighted by atomic mass is 10.1. The number of ether oxygens (including phenoxy) is 1. The number of anilines is 1. The van der Waals surface area contributed by atoms with Crippen LogP contribution in [-0.4, -0.2) is 34.5 Å². The van der Waals surface area contributed by atoms with Crippen molar-refractivity contribution in [3.63, 3.8) is 0 Å². The minimum absolute atomic E-state index is 0.0212. The Morgan fingerprint density at radius 2 is 1.66 bits per heavy atom. The summed E-state index contributed by atoms with van der Waals surface area (Å²) in [7, 11) is -2.43. The van der Waals surface area contributed by atoms with Gasteiger partial charge in [0.15, 0.2) is 0 Å². The maximum absolute atomic E-state index is 13.3. The fourth-order valence-corrected chi connectivity index (χ4v) is 4.73. The summed E-state index contributed by atoms with van der Waals surface area (Å²) < 4.78 is 32.8. The maximum atomic E-state index is 13.3. The van der Waals surface area contributed by atoms with Crippen molar-refractivity contribution in [2.45, 2.75) is 11.3 Å². The van der Waals surface area contributed by atoms with Gasteiger partial charge in [0, 0.05) is 16.6 Å². The third-order valence-electron chi connectivity index (χ3n) is 4.68. The molecule has 1 N–H and O–H groups in total. The molecule has 0 bridgehead atoms. The molecule has 0 heterocycles. The predicted octanol–water partition coefficient (Wildman–Crippen LogP) is 4.56. The van der Waals surface area contributed by atoms with Crippen molar-refractivity contribution in [1.82, 2.24) is 5.32 Å². The fraction of sp³-hybridized carbons (Fsp3) is 0.174. The summed E-state index contributed by atoms with van der Waals surface area (Å²) >= 11 is 12.0. The molecule has 0 atom stereocenters. The van der Waals surface area contributed by atoms with Crippen molar-refractivity contribution in [1.29, 1.82) is 0 Å². The molecule has 0 saturated carbocycles. The number of sulfonamides is 1. The molecule has 0 aliphatic rings. The minimum Gasteiger partial charge on any atom is -0.497 e. The lowest BCUT2D eigenvalue weighted by Crippen LogP contribution is -2.41. The zero-order chi connectivity index (χ0) is 23.1. The quantitative estimate of drug-likeness (QED) is 0.475. The number of nitrogens with one attached hydrogen (secondary N) is 1. The predicted molar refractivity (Wildman–Crippen MR) is 127 cm³/mol. The first-order chi connectivity index (χ1) is 15.3. The molecular weight excluding hydrogens is 471 g/mol. The molecule has 3 rings (SSSR count). The van der Waals surface area contributed by atoms with E-state index in [0.29, 0.717) is 23.0 Å². The summed E-state index contributed by atoms with van der Waals surface area (Å²) in [5.41, 5.74) is 1.31. The SMILES string of the molecule is COc1ccc(CCNC(=O)CN(c2cccc(Cl)c2)S(=O)(=O)c2ccc(Cl)cc2)cc1. The second-order valence-corrected chi connectivity index (χ2v) is 9.63. The second-order valence-electron chi connectivity index (χ2n) is 6.89. The summed E-state index contributed by atoms with van der Waals surface area (Å²) in [6.07, 6.45) is 0.594. The van der Waals surface area contributed by atoms with E-state index >= 15 is 0 Å². The summed E-state index contributed by atoms with van der Waals surface area (Å²) in [5, 5.41) is 3.55. The third kappa shape index (κ3) is 6.16. The number of benzene rings is 3. The molecule has 0 fully saturated rings. The number of carbonyl (C=O) groups is 1. The summed E-state index contributed by atoms with van der Waals surface area (Å²) in [4.78, 5) is 12.7. The van der Waals surface area contributed by atoms with Gasteiger partial charge in [0.2, 0.25) is 5.91 Å². The Balaban J connectivity index is 1.74. The molecular formula is C23H22Cl2N2O4S. The van der Waals surface area contributed by atoms with Gasteiger partial charge in [-0.25, -0.2) is 8.42 Å². The van der Waals surface area contributed by atoms with Gasteiger partial charge in [-0.05, 0) is 66.6 Å². The highest BCUT2D eigenvalue weighted by Crippen LogP contribution is 2.26. The first-order valence-corrected chi connectivity index (χ1v) is 11.9. The molecule has 3 aromatic rings. The first kappa shape index (κ1) is 23.9. The van der Waals surface area contributed by atoms with E-state index in [-0.39, 0.29) is 10.6 Å². The molecule has 0 radical (unpaired) electrons. The van der Waals surface area contributed by atoms with E-state index in [4.69, 9.17) is 27.9 Å². The van der Waals surface area contributed by atoms with E-state index in [0.717, 1.165) is 15.6 Å². The van der Waals surface area contributed by atoms with Gasteiger partial charge in [-0.15, -0.1) is 0 Å². The van der Waals surface area contributed by atoms with E-state index in [1.807, 2.05) is 24.3 Å². The second kappa shape index (κ2) is 10.7. The number of hydrogen-bond donors (Lipinski definition) is 1. The van der Waals surface area contributed by atoms with Crippen molar-refractivity contribution in [2.75, 3.05) is 24.5 Å². The van der Waals surface area contributed by atoms with Crippen LogP contribution in [0.4, 0.5) is 5.69 Å². The first-order valence-electron chi connectivity index (χ1n) is 9.73. The maximum Gasteiger partial charge on any atom is 0.264 e. The van der Waals surface area contributed by atoms with Crippen molar-refractivity contribution in [2.24, 2.45) is 0 Å². The number of carbonyl (C=O) groups excluding carboxylic acids is 1. The third-order valence-corrected chi connectivity index (χ3v) is 6.96. The molecule has 3 aromatic carbocycles. The summed E-state index contributed by atoms with van der Waals surface area (Å²) in [5.74, 6) is 0.318. The Hall–Kier alpha value is -2.74. The normalized spacial score (nSPS) is 11.1. The highest BCUT2D eigenvalue weighted by molar-refractivity contribution is 7.92. The Morgan fingerprint density at radius 3 is 2.28 bits per heavy atom. The number of amides is 1. The Morgan fingerprint density at radius 1 is 0.969 bits per heavy atom. The smallest absolute Gasteiger partial charge is 0.264 e. The molecule has 168 valence electrons. The van der Waals surface area contributed by atoms with Crippen LogP contribution in [0.15, 0.2) is 77.7 Å². The van der Waals surface area contributed by atoms with E-state index in [9.17, 15) is 13.2 Å². The highest BCUT2D eigenvalue weighted by atomic mass is 35.5. The fourth-order valence-electron chi connectivity index (χ4n) is 3.00. The molecule has 9 heteroatoms. The van der Waals surface area contributed by atoms with Gasteiger partial charge >= 0.3 is 0 Å². The van der Waals surface area contributed by atoms with Crippen molar-refractivity contribution < 1.29 is 17.9 Å². The van der Waals surface area contributed by atoms with Gasteiger partial charge < -0.3 is 10.1 Å². The zero-order valence-electron chi connectivity index (χ0n) is 17.3. The Labute approximate surface area is 197 Å². The highest BCUT2D eigenvalue weighted by Gasteiger charge is 2.27. The average molecular weight is 493 g/mol. The van der Waals surface area contributed by atoms with E-state index in [2.05, 4.69) is 5.32 Å². The van der Waals surface area contributed by atoms with Gasteiger partial charge in [-0.2, -0.15) is 0 Å². The zero-order valence-corrected chi connectivity index (χ0v) is 19.6. The Bertz CT molecular complexity index is 1170. The molecule has 0 aliphatic heterocycles. The number of hydrogen-bond acceptors (Lipinski definition) is 4. The van der Waals surface area contributed by atoms with E-state index in [1.54, 1.807) is 25.3 Å². The van der Waals surface area contributed by atoms with Crippen LogP contribution in [0.25, 0.3) is 0 Å². The van der Waals surface area contributed by atoms with Gasteiger partial charge in [-0.3, -0.25) is 9.10 Å². The van der Waals surface area contributed by atoms with Crippen molar-refractivity contribution in [3.8, 4) is 5.75 Å². The van der Waals surface area contributed by atoms with Crippen molar-refractivity contribution >= 4 is 44.8 Å². The molecule has 0 saturated heterocycles. The van der Waals surface area contributed by atoms with Gasteiger partial charge in [0.05, 0.1) is 17.7 Å². The number of halogens is 2. The van der Waals surface area contributed by atoms with E-state index in [1.165, 1.54) is 30.3 Å². The summed E-state index contributed by atoms with van der Waals surface area (Å²) in [6.45, 7) is -0.0382. The van der Waals surface area contributed by atoms with Crippen LogP contribution < -0.4 is 14.4 Å². The van der Waals surface area contributed by atoms with E-state index < -0.39 is 22.5 Å². The van der Waals surface area contributed by atoms with Crippen LogP contribution in [0, 0.1) is 0 Å². The standard InChI is InChI=1S/C23H22Cl2N2O4S/c1-31-21-9-5-17(6-10-21)13-14-26-23(28)16-27(20-4-2-3-19(25)15-20)32(29,30)22-11-7-18(24)8-12-22/h2-12,15H,13-14,16H2,1H3,(H,26,28). The molecule has 6 nitrogen and oxygen atoms in total. The van der Waals surface area contributed by atoms with Gasteiger partial charge in [0.1, 0.15) is 12.3 Å². The minimum atomic E-state index is -4.03. The van der Waals surface area contributed by atoms with Crippen LogP contribution in [0.2, 0.25) is 10.0 Å². The lowest BCUT2D eigenvalue weighted by Gasteiger charge is -2.24. The number of nitrogens with zero attached hydrogens (tertiary/aromatic N) is 1. The van der Waals surface area contributed by atoms with Crippen LogP contribution in [0.5, 0.6) is 5.75 Å². The summed E-state index contributed by atoms with van der Waals surface area (Å²) in [6, 6.07) is 19.6. The van der Waals surface area contributed by atoms with Crippen LogP contribution in [0.1, 0.15) is 5.56 Å². The monoisotopic (exact) mass is 492 g/mol. The number of rotatable bonds is 9.